The predicted octanol–water partition coefficient (Wildman–Crippen LogP) is 8.08. The van der Waals surface area contributed by atoms with E-state index in [1.54, 1.807) is 4.57 Å². The fourth-order valence-electron chi connectivity index (χ4n) is 5.19. The van der Waals surface area contributed by atoms with E-state index in [0.29, 0.717) is 0 Å². The molecule has 0 spiro atoms. The molecule has 2 heterocycles. The van der Waals surface area contributed by atoms with Crippen molar-refractivity contribution in [2.75, 3.05) is 0 Å². The van der Waals surface area contributed by atoms with E-state index < -0.39 is 0 Å². The van der Waals surface area contributed by atoms with Crippen LogP contribution < -0.4 is 0 Å². The normalized spacial score (nSPS) is 11.8. The minimum absolute atomic E-state index is 1.04. The largest absolute Gasteiger partial charge is 0.333 e. The second kappa shape index (κ2) is 6.85. The quantitative estimate of drug-likeness (QED) is 0.268. The summed E-state index contributed by atoms with van der Waals surface area (Å²) in [5, 5.41) is 4.88. The van der Waals surface area contributed by atoms with Crippen molar-refractivity contribution in [2.45, 2.75) is 0 Å². The van der Waals surface area contributed by atoms with Crippen LogP contribution in [0.4, 0.5) is 0 Å². The third kappa shape index (κ3) is 2.61. The van der Waals surface area contributed by atoms with Gasteiger partial charge in [-0.25, -0.2) is 0 Å². The summed E-state index contributed by atoms with van der Waals surface area (Å²) in [5.74, 6) is 0. The van der Waals surface area contributed by atoms with Gasteiger partial charge in [-0.2, -0.15) is 0 Å². The summed E-state index contributed by atoms with van der Waals surface area (Å²) in [5.41, 5.74) is 8.06. The maximum Gasteiger partial charge on any atom is 0.0799 e. The van der Waals surface area contributed by atoms with Crippen molar-refractivity contribution < 1.29 is 0 Å². The standard InChI is InChI=1S/C31H20N2/c1-32-28-13-7-5-12-25(28)27-19-21(16-18-29(27)32)22-15-17-26-24-11-6-8-14-30(24)33(31(26)20-22)23-9-3-2-4-10-23/h1-20H. The highest BCUT2D eigenvalue weighted by atomic mass is 15.0. The van der Waals surface area contributed by atoms with Gasteiger partial charge >= 0.3 is 0 Å². The molecule has 7 aromatic rings. The molecule has 2 radical (unpaired) electrons. The van der Waals surface area contributed by atoms with E-state index in [0.717, 1.165) is 11.0 Å². The van der Waals surface area contributed by atoms with Gasteiger partial charge in [0, 0.05) is 38.3 Å². The molecular formula is C31H20N2. The maximum absolute atomic E-state index is 6.38. The van der Waals surface area contributed by atoms with Crippen molar-refractivity contribution in [3.8, 4) is 16.8 Å². The van der Waals surface area contributed by atoms with Crippen molar-refractivity contribution in [1.82, 2.24) is 9.13 Å². The van der Waals surface area contributed by atoms with Crippen LogP contribution in [-0.2, 0) is 0 Å². The molecule has 0 aliphatic carbocycles. The molecule has 0 saturated heterocycles. The smallest absolute Gasteiger partial charge is 0.0799 e. The van der Waals surface area contributed by atoms with Crippen LogP contribution in [0.5, 0.6) is 0 Å². The number of hydrogen-bond acceptors (Lipinski definition) is 0. The zero-order valence-corrected chi connectivity index (χ0v) is 17.9. The minimum Gasteiger partial charge on any atom is -0.333 e. The monoisotopic (exact) mass is 420 g/mol. The number of rotatable bonds is 2. The van der Waals surface area contributed by atoms with Crippen LogP contribution >= 0.6 is 0 Å². The zero-order chi connectivity index (χ0) is 21.9. The van der Waals surface area contributed by atoms with E-state index in [-0.39, 0.29) is 0 Å². The molecule has 2 heteroatoms. The highest BCUT2D eigenvalue weighted by molar-refractivity contribution is 6.11. The lowest BCUT2D eigenvalue weighted by atomic mass is 10.0. The van der Waals surface area contributed by atoms with Gasteiger partial charge in [-0.3, -0.25) is 0 Å². The van der Waals surface area contributed by atoms with Gasteiger partial charge in [0.2, 0.25) is 0 Å². The predicted molar refractivity (Wildman–Crippen MR) is 139 cm³/mol. The molecule has 0 atom stereocenters. The van der Waals surface area contributed by atoms with Gasteiger partial charge in [0.05, 0.1) is 18.1 Å². The van der Waals surface area contributed by atoms with Crippen LogP contribution in [0.15, 0.2) is 115 Å². The van der Waals surface area contributed by atoms with Crippen LogP contribution in [-0.4, -0.2) is 9.13 Å². The van der Waals surface area contributed by atoms with Gasteiger partial charge in [-0.05, 0) is 53.6 Å². The summed E-state index contributed by atoms with van der Waals surface area (Å²) in [4.78, 5) is 0. The number of nitrogens with zero attached hydrogens (tertiary/aromatic N) is 2. The third-order valence-corrected chi connectivity index (χ3v) is 6.73. The average molecular weight is 421 g/mol. The zero-order valence-electron chi connectivity index (χ0n) is 17.9. The molecule has 33 heavy (non-hydrogen) atoms. The van der Waals surface area contributed by atoms with E-state index in [1.807, 2.05) is 6.07 Å². The van der Waals surface area contributed by atoms with Crippen LogP contribution in [0.1, 0.15) is 0 Å². The topological polar surface area (TPSA) is 9.86 Å². The highest BCUT2D eigenvalue weighted by Gasteiger charge is 2.14. The van der Waals surface area contributed by atoms with Crippen LogP contribution in [0.25, 0.3) is 60.4 Å². The molecule has 154 valence electrons. The van der Waals surface area contributed by atoms with Gasteiger partial charge in [-0.15, -0.1) is 0 Å². The number of hydrogen-bond donors (Lipinski definition) is 0. The molecule has 0 bridgehead atoms. The summed E-state index contributed by atoms with van der Waals surface area (Å²) >= 11 is 0. The molecule has 0 aliphatic heterocycles. The molecule has 0 unspecified atom stereocenters. The van der Waals surface area contributed by atoms with Crippen LogP contribution in [0, 0.1) is 7.05 Å². The van der Waals surface area contributed by atoms with Gasteiger partial charge in [-0.1, -0.05) is 72.8 Å². The Labute approximate surface area is 191 Å². The SMILES string of the molecule is [CH]n1c2ccccc2c2cc(-c3ccc4c5ccccc5n(-c5ccccc5)c4c3)ccc21. The maximum atomic E-state index is 6.38. The molecule has 0 amide bonds. The van der Waals surface area contributed by atoms with Gasteiger partial charge in [0.25, 0.3) is 0 Å². The lowest BCUT2D eigenvalue weighted by Gasteiger charge is -2.09. The average Bonchev–Trinajstić information content (AvgIpc) is 3.36. The lowest BCUT2D eigenvalue weighted by molar-refractivity contribution is 1.18. The Bertz CT molecular complexity index is 1820. The summed E-state index contributed by atoms with van der Waals surface area (Å²) in [6.07, 6.45) is 0. The first kappa shape index (κ1) is 18.3. The fourth-order valence-corrected chi connectivity index (χ4v) is 5.19. The van der Waals surface area contributed by atoms with Gasteiger partial charge < -0.3 is 9.13 Å². The Morgan fingerprint density at radius 1 is 0.424 bits per heavy atom. The molecule has 2 aromatic heterocycles. The Hall–Kier alpha value is -4.30. The van der Waals surface area contributed by atoms with Gasteiger partial charge in [0.15, 0.2) is 0 Å². The Balaban J connectivity index is 1.51. The Kier molecular flexibility index (Phi) is 3.80. The highest BCUT2D eigenvalue weighted by Crippen LogP contribution is 2.36. The van der Waals surface area contributed by atoms with Crippen LogP contribution in [0.2, 0.25) is 0 Å². The summed E-state index contributed by atoms with van der Waals surface area (Å²) in [7, 11) is 6.38. The summed E-state index contributed by atoms with van der Waals surface area (Å²) in [6.45, 7) is 0. The Morgan fingerprint density at radius 2 is 1.00 bits per heavy atom. The Morgan fingerprint density at radius 3 is 1.82 bits per heavy atom. The van der Waals surface area contributed by atoms with E-state index in [9.17, 15) is 0 Å². The molecule has 0 fully saturated rings. The number of fused-ring (bicyclic) bond motifs is 6. The van der Waals surface area contributed by atoms with Crippen molar-refractivity contribution in [3.63, 3.8) is 0 Å². The summed E-state index contributed by atoms with van der Waals surface area (Å²) in [6, 6.07) is 40.9. The molecule has 0 aliphatic rings. The number of benzene rings is 5. The van der Waals surface area contributed by atoms with Crippen molar-refractivity contribution in [1.29, 1.82) is 0 Å². The van der Waals surface area contributed by atoms with Gasteiger partial charge in [0.1, 0.15) is 0 Å². The first-order valence-electron chi connectivity index (χ1n) is 11.2. The second-order valence-corrected chi connectivity index (χ2v) is 8.54. The molecular weight excluding hydrogens is 400 g/mol. The minimum atomic E-state index is 1.04. The van der Waals surface area contributed by atoms with E-state index in [1.165, 1.54) is 49.4 Å². The number of para-hydroxylation sites is 3. The lowest BCUT2D eigenvalue weighted by Crippen LogP contribution is -1.93. The van der Waals surface area contributed by atoms with Crippen molar-refractivity contribution >= 4 is 43.6 Å². The summed E-state index contributed by atoms with van der Waals surface area (Å²) < 4.78 is 4.14. The number of aromatic nitrogens is 2. The van der Waals surface area contributed by atoms with Crippen molar-refractivity contribution in [2.24, 2.45) is 0 Å². The van der Waals surface area contributed by atoms with Crippen LogP contribution in [0.3, 0.4) is 0 Å². The molecule has 7 rings (SSSR count). The molecule has 5 aromatic carbocycles. The second-order valence-electron chi connectivity index (χ2n) is 8.54. The van der Waals surface area contributed by atoms with Crippen molar-refractivity contribution in [3.05, 3.63) is 122 Å². The fraction of sp³-hybridized carbons (Fsp3) is 0. The molecule has 0 saturated carbocycles. The molecule has 0 N–H and O–H groups in total. The molecule has 2 nitrogen and oxygen atoms in total. The van der Waals surface area contributed by atoms with E-state index >= 15 is 0 Å². The van der Waals surface area contributed by atoms with E-state index in [4.69, 9.17) is 7.05 Å². The van der Waals surface area contributed by atoms with E-state index in [2.05, 4.69) is 114 Å². The first-order valence-corrected chi connectivity index (χ1v) is 11.2. The third-order valence-electron chi connectivity index (χ3n) is 6.73. The first-order chi connectivity index (χ1) is 16.3.